The summed E-state index contributed by atoms with van der Waals surface area (Å²) in [6, 6.07) is 10.00. The third-order valence-electron chi connectivity index (χ3n) is 4.27. The summed E-state index contributed by atoms with van der Waals surface area (Å²) in [4.78, 5) is 31.1. The fourth-order valence-electron chi connectivity index (χ4n) is 2.81. The van der Waals surface area contributed by atoms with Crippen LogP contribution < -0.4 is 14.8 Å². The van der Waals surface area contributed by atoms with Crippen LogP contribution >= 0.6 is 35.0 Å². The van der Waals surface area contributed by atoms with E-state index in [-0.39, 0.29) is 25.0 Å². The highest BCUT2D eigenvalue weighted by molar-refractivity contribution is 8.15. The van der Waals surface area contributed by atoms with Gasteiger partial charge in [-0.1, -0.05) is 35.0 Å². The number of aliphatic imine (C=N–C) groups is 1. The molecule has 2 aromatic carbocycles. The van der Waals surface area contributed by atoms with Crippen molar-refractivity contribution in [3.63, 3.8) is 0 Å². The molecule has 2 aromatic rings. The van der Waals surface area contributed by atoms with E-state index in [0.717, 1.165) is 0 Å². The van der Waals surface area contributed by atoms with Crippen LogP contribution in [0.1, 0.15) is 6.42 Å². The molecule has 4 rings (SSSR count). The Hall–Kier alpha value is -2.42. The topological polar surface area (TPSA) is 80.2 Å². The molecule has 0 saturated carbocycles. The lowest BCUT2D eigenvalue weighted by atomic mass is 10.2. The SMILES string of the molecule is CN1C(=O)CC(C(=O)Nc2cc(Cl)cc(Cl)c2)SC1=Nc1ccc2c(c1)OCO2. The molecular weight excluding hydrogens is 437 g/mol. The molecule has 0 spiro atoms. The molecule has 2 heterocycles. The van der Waals surface area contributed by atoms with Gasteiger partial charge in [-0.3, -0.25) is 14.5 Å². The molecule has 1 atom stereocenters. The van der Waals surface area contributed by atoms with Crippen LogP contribution in [0.5, 0.6) is 11.5 Å². The Balaban J connectivity index is 1.53. The molecule has 1 unspecified atom stereocenters. The zero-order valence-corrected chi connectivity index (χ0v) is 17.5. The van der Waals surface area contributed by atoms with Gasteiger partial charge in [0.2, 0.25) is 18.6 Å². The second-order valence-electron chi connectivity index (χ2n) is 6.34. The Morgan fingerprint density at radius 3 is 2.66 bits per heavy atom. The lowest BCUT2D eigenvalue weighted by Crippen LogP contribution is -2.43. The maximum atomic E-state index is 12.7. The van der Waals surface area contributed by atoms with Crippen LogP contribution in [0.3, 0.4) is 0 Å². The van der Waals surface area contributed by atoms with E-state index in [1.165, 1.54) is 16.7 Å². The number of thioether (sulfide) groups is 1. The average Bonchev–Trinajstić information content (AvgIpc) is 3.12. The zero-order chi connectivity index (χ0) is 20.5. The van der Waals surface area contributed by atoms with E-state index in [2.05, 4.69) is 10.3 Å². The van der Waals surface area contributed by atoms with Gasteiger partial charge in [0.25, 0.3) is 0 Å². The second kappa shape index (κ2) is 8.14. The van der Waals surface area contributed by atoms with Gasteiger partial charge in [0, 0.05) is 35.3 Å². The van der Waals surface area contributed by atoms with Crippen molar-refractivity contribution in [3.8, 4) is 11.5 Å². The van der Waals surface area contributed by atoms with E-state index >= 15 is 0 Å². The van der Waals surface area contributed by atoms with Crippen molar-refractivity contribution < 1.29 is 19.1 Å². The third-order valence-corrected chi connectivity index (χ3v) is 5.95. The Kier molecular flexibility index (Phi) is 5.58. The number of anilines is 1. The van der Waals surface area contributed by atoms with E-state index < -0.39 is 5.25 Å². The van der Waals surface area contributed by atoms with Gasteiger partial charge in [-0.25, -0.2) is 4.99 Å². The summed E-state index contributed by atoms with van der Waals surface area (Å²) in [7, 11) is 1.63. The number of halogens is 2. The predicted molar refractivity (Wildman–Crippen MR) is 114 cm³/mol. The number of fused-ring (bicyclic) bond motifs is 1. The zero-order valence-electron chi connectivity index (χ0n) is 15.1. The largest absolute Gasteiger partial charge is 0.454 e. The number of hydrogen-bond donors (Lipinski definition) is 1. The molecule has 7 nitrogen and oxygen atoms in total. The molecule has 0 aliphatic carbocycles. The number of carbonyl (C=O) groups excluding carboxylic acids is 2. The van der Waals surface area contributed by atoms with Crippen LogP contribution in [-0.2, 0) is 9.59 Å². The first-order valence-corrected chi connectivity index (χ1v) is 10.2. The van der Waals surface area contributed by atoms with Crippen LogP contribution in [-0.4, -0.2) is 41.0 Å². The van der Waals surface area contributed by atoms with E-state index in [0.29, 0.717) is 38.1 Å². The number of benzene rings is 2. The van der Waals surface area contributed by atoms with Crippen LogP contribution in [0.4, 0.5) is 11.4 Å². The number of amides is 2. The van der Waals surface area contributed by atoms with Gasteiger partial charge in [-0.05, 0) is 30.3 Å². The van der Waals surface area contributed by atoms with Gasteiger partial charge in [0.1, 0.15) is 5.25 Å². The van der Waals surface area contributed by atoms with Crippen molar-refractivity contribution in [3.05, 3.63) is 46.4 Å². The number of nitrogens with zero attached hydrogens (tertiary/aromatic N) is 2. The first-order valence-electron chi connectivity index (χ1n) is 8.57. The molecule has 2 aliphatic rings. The van der Waals surface area contributed by atoms with E-state index in [1.54, 1.807) is 43.4 Å². The fraction of sp³-hybridized carbons (Fsp3) is 0.211. The standard InChI is InChI=1S/C19H15Cl2N3O4S/c1-24-17(25)8-16(18(26)22-13-5-10(20)4-11(21)6-13)29-19(24)23-12-2-3-14-15(7-12)28-9-27-14/h2-7,16H,8-9H2,1H3,(H,22,26). The van der Waals surface area contributed by atoms with Crippen LogP contribution in [0, 0.1) is 0 Å². The Labute approximate surface area is 181 Å². The minimum absolute atomic E-state index is 0.0570. The van der Waals surface area contributed by atoms with Crippen LogP contribution in [0.2, 0.25) is 10.0 Å². The smallest absolute Gasteiger partial charge is 0.238 e. The molecule has 1 saturated heterocycles. The number of ether oxygens (including phenoxy) is 2. The normalized spacial score (nSPS) is 19.6. The van der Waals surface area contributed by atoms with Gasteiger partial charge < -0.3 is 14.8 Å². The Morgan fingerprint density at radius 1 is 1.17 bits per heavy atom. The van der Waals surface area contributed by atoms with E-state index in [4.69, 9.17) is 32.7 Å². The highest BCUT2D eigenvalue weighted by Gasteiger charge is 2.34. The maximum Gasteiger partial charge on any atom is 0.238 e. The summed E-state index contributed by atoms with van der Waals surface area (Å²) < 4.78 is 10.6. The van der Waals surface area contributed by atoms with Gasteiger partial charge >= 0.3 is 0 Å². The molecule has 10 heteroatoms. The number of hydrogen-bond acceptors (Lipinski definition) is 6. The fourth-order valence-corrected chi connectivity index (χ4v) is 4.40. The predicted octanol–water partition coefficient (Wildman–Crippen LogP) is 4.31. The Bertz CT molecular complexity index is 1010. The van der Waals surface area contributed by atoms with Crippen molar-refractivity contribution in [2.45, 2.75) is 11.7 Å². The minimum atomic E-state index is -0.635. The second-order valence-corrected chi connectivity index (χ2v) is 8.39. The minimum Gasteiger partial charge on any atom is -0.454 e. The summed E-state index contributed by atoms with van der Waals surface area (Å²) in [5.41, 5.74) is 1.06. The van der Waals surface area contributed by atoms with E-state index in [9.17, 15) is 9.59 Å². The van der Waals surface area contributed by atoms with Crippen molar-refractivity contribution in [2.75, 3.05) is 19.2 Å². The lowest BCUT2D eigenvalue weighted by Gasteiger charge is -2.28. The lowest BCUT2D eigenvalue weighted by molar-refractivity contribution is -0.128. The highest BCUT2D eigenvalue weighted by Crippen LogP contribution is 2.36. The third kappa shape index (κ3) is 4.44. The summed E-state index contributed by atoms with van der Waals surface area (Å²) in [5, 5.41) is 3.36. The molecule has 2 aliphatic heterocycles. The molecule has 0 radical (unpaired) electrons. The first-order chi connectivity index (χ1) is 13.9. The van der Waals surface area contributed by atoms with Crippen molar-refractivity contribution in [1.82, 2.24) is 4.90 Å². The van der Waals surface area contributed by atoms with Crippen molar-refractivity contribution in [2.24, 2.45) is 4.99 Å². The summed E-state index contributed by atoms with van der Waals surface area (Å²) in [6.07, 6.45) is 0.0570. The molecule has 29 heavy (non-hydrogen) atoms. The van der Waals surface area contributed by atoms with Crippen molar-refractivity contribution in [1.29, 1.82) is 0 Å². The molecule has 1 fully saturated rings. The van der Waals surface area contributed by atoms with E-state index in [1.807, 2.05) is 0 Å². The number of carbonyl (C=O) groups is 2. The monoisotopic (exact) mass is 451 g/mol. The number of rotatable bonds is 3. The van der Waals surface area contributed by atoms with Gasteiger partial charge in [0.05, 0.1) is 5.69 Å². The summed E-state index contributed by atoms with van der Waals surface area (Å²) in [6.45, 7) is 0.165. The molecule has 150 valence electrons. The molecular formula is C19H15Cl2N3O4S. The summed E-state index contributed by atoms with van der Waals surface area (Å²) >= 11 is 13.2. The maximum absolute atomic E-state index is 12.7. The number of amidine groups is 1. The quantitative estimate of drug-likeness (QED) is 0.751. The summed E-state index contributed by atoms with van der Waals surface area (Å²) in [5.74, 6) is 0.710. The van der Waals surface area contributed by atoms with Crippen LogP contribution in [0.15, 0.2) is 41.4 Å². The number of nitrogens with one attached hydrogen (secondary N) is 1. The molecule has 0 aromatic heterocycles. The van der Waals surface area contributed by atoms with Gasteiger partial charge in [-0.2, -0.15) is 0 Å². The van der Waals surface area contributed by atoms with Gasteiger partial charge in [0.15, 0.2) is 16.7 Å². The Morgan fingerprint density at radius 2 is 1.90 bits per heavy atom. The first kappa shape index (κ1) is 19.9. The van der Waals surface area contributed by atoms with Crippen LogP contribution in [0.25, 0.3) is 0 Å². The average molecular weight is 452 g/mol. The molecule has 1 N–H and O–H groups in total. The van der Waals surface area contributed by atoms with Crippen molar-refractivity contribution >= 4 is 63.3 Å². The van der Waals surface area contributed by atoms with Gasteiger partial charge in [-0.15, -0.1) is 0 Å². The molecule has 2 amide bonds. The highest BCUT2D eigenvalue weighted by atomic mass is 35.5. The molecule has 0 bridgehead atoms.